The second kappa shape index (κ2) is 8.67. The van der Waals surface area contributed by atoms with Crippen LogP contribution in [0.3, 0.4) is 0 Å². The molecule has 0 unspecified atom stereocenters. The Morgan fingerprint density at radius 2 is 1.85 bits per heavy atom. The molecule has 0 N–H and O–H groups in total. The van der Waals surface area contributed by atoms with Gasteiger partial charge in [0.2, 0.25) is 10.3 Å². The lowest BCUT2D eigenvalue weighted by molar-refractivity contribution is 0.417. The van der Waals surface area contributed by atoms with E-state index in [4.69, 9.17) is 0 Å². The zero-order valence-corrected chi connectivity index (χ0v) is 17.0. The molecule has 138 valence electrons. The first-order valence-electron chi connectivity index (χ1n) is 8.47. The van der Waals surface area contributed by atoms with Crippen molar-refractivity contribution in [3.05, 3.63) is 70.3 Å². The third-order valence-electron chi connectivity index (χ3n) is 4.52. The largest absolute Gasteiger partial charge is 0.309 e. The minimum absolute atomic E-state index is 0. The van der Waals surface area contributed by atoms with Crippen molar-refractivity contribution >= 4 is 39.2 Å². The number of benzene rings is 1. The molecule has 3 nitrogen and oxygen atoms in total. The highest BCUT2D eigenvalue weighted by Crippen LogP contribution is 2.37. The molecule has 3 rings (SSSR count). The molecule has 0 spiro atoms. The number of allylic oxidation sites excluding steroid dienone is 6. The van der Waals surface area contributed by atoms with Gasteiger partial charge in [-0.1, -0.05) is 54.1 Å². The zero-order chi connectivity index (χ0) is 18.0. The smallest absolute Gasteiger partial charge is 0.218 e. The van der Waals surface area contributed by atoms with E-state index in [1.165, 1.54) is 0 Å². The molecule has 1 aromatic rings. The van der Waals surface area contributed by atoms with Crippen LogP contribution in [0.5, 0.6) is 0 Å². The molecular formula is C21H24ClNO2S. The van der Waals surface area contributed by atoms with Gasteiger partial charge >= 0.3 is 0 Å². The Labute approximate surface area is 163 Å². The molecule has 0 amide bonds. The highest BCUT2D eigenvalue weighted by molar-refractivity contribution is 7.73. The fourth-order valence-electron chi connectivity index (χ4n) is 3.32. The summed E-state index contributed by atoms with van der Waals surface area (Å²) in [5.74, 6) is 0. The van der Waals surface area contributed by atoms with Crippen LogP contribution in [-0.4, -0.2) is 38.8 Å². The van der Waals surface area contributed by atoms with Gasteiger partial charge in [-0.15, -0.1) is 12.4 Å². The zero-order valence-electron chi connectivity index (χ0n) is 15.3. The molecular weight excluding hydrogens is 366 g/mol. The van der Waals surface area contributed by atoms with Crippen molar-refractivity contribution in [2.45, 2.75) is 19.8 Å². The average Bonchev–Trinajstić information content (AvgIpc) is 2.71. The van der Waals surface area contributed by atoms with Crippen molar-refractivity contribution in [3.8, 4) is 0 Å². The van der Waals surface area contributed by atoms with Gasteiger partial charge < -0.3 is 4.90 Å². The Morgan fingerprint density at radius 1 is 1.12 bits per heavy atom. The van der Waals surface area contributed by atoms with E-state index in [9.17, 15) is 8.42 Å². The second-order valence-corrected chi connectivity index (χ2v) is 7.75. The predicted octanol–water partition coefficient (Wildman–Crippen LogP) is 4.17. The monoisotopic (exact) mass is 389 g/mol. The minimum Gasteiger partial charge on any atom is -0.309 e. The summed E-state index contributed by atoms with van der Waals surface area (Å²) >= 11 is 0. The molecule has 0 radical (unpaired) electrons. The van der Waals surface area contributed by atoms with Crippen LogP contribution >= 0.6 is 12.4 Å². The van der Waals surface area contributed by atoms with E-state index in [2.05, 4.69) is 43.3 Å². The van der Waals surface area contributed by atoms with Crippen LogP contribution in [0.15, 0.2) is 59.2 Å². The number of nitrogens with zero attached hydrogens (tertiary/aromatic N) is 1. The first-order chi connectivity index (χ1) is 12.0. The third-order valence-corrected chi connectivity index (χ3v) is 5.28. The summed E-state index contributed by atoms with van der Waals surface area (Å²) in [6.45, 7) is 2.95. The number of fused-ring (bicyclic) bond motifs is 1. The summed E-state index contributed by atoms with van der Waals surface area (Å²) in [7, 11) is 1.91. The van der Waals surface area contributed by atoms with Gasteiger partial charge in [-0.25, -0.2) is 0 Å². The summed E-state index contributed by atoms with van der Waals surface area (Å²) in [5.41, 5.74) is 6.32. The lowest BCUT2D eigenvalue weighted by Crippen LogP contribution is -2.13. The van der Waals surface area contributed by atoms with E-state index in [1.54, 1.807) is 0 Å². The topological polar surface area (TPSA) is 37.4 Å². The second-order valence-electron chi connectivity index (χ2n) is 6.78. The van der Waals surface area contributed by atoms with Gasteiger partial charge in [0, 0.05) is 18.5 Å². The van der Waals surface area contributed by atoms with Crippen molar-refractivity contribution < 1.29 is 8.42 Å². The lowest BCUT2D eigenvalue weighted by atomic mass is 9.86. The van der Waals surface area contributed by atoms with Gasteiger partial charge in [0.25, 0.3) is 0 Å². The molecule has 0 fully saturated rings. The number of rotatable bonds is 3. The summed E-state index contributed by atoms with van der Waals surface area (Å²) in [6, 6.07) is 8.24. The highest BCUT2D eigenvalue weighted by Gasteiger charge is 2.23. The van der Waals surface area contributed by atoms with E-state index in [0.717, 1.165) is 46.4 Å². The van der Waals surface area contributed by atoms with Gasteiger partial charge in [0.15, 0.2) is 0 Å². The third kappa shape index (κ3) is 4.26. The van der Waals surface area contributed by atoms with Crippen LogP contribution in [0.1, 0.15) is 30.9 Å². The molecule has 0 saturated heterocycles. The lowest BCUT2D eigenvalue weighted by Gasteiger charge is -2.19. The summed E-state index contributed by atoms with van der Waals surface area (Å²) < 4.78 is 23.6. The van der Waals surface area contributed by atoms with Crippen LogP contribution in [0, 0.1) is 0 Å². The van der Waals surface area contributed by atoms with Crippen LogP contribution < -0.4 is 0 Å². The molecule has 0 aromatic heterocycles. The number of halogens is 1. The predicted molar refractivity (Wildman–Crippen MR) is 113 cm³/mol. The van der Waals surface area contributed by atoms with E-state index >= 15 is 0 Å². The molecule has 0 heterocycles. The van der Waals surface area contributed by atoms with Crippen molar-refractivity contribution in [1.82, 2.24) is 4.90 Å². The van der Waals surface area contributed by atoms with Gasteiger partial charge in [0.1, 0.15) is 0 Å². The van der Waals surface area contributed by atoms with Gasteiger partial charge in [-0.05, 0) is 49.7 Å². The average molecular weight is 390 g/mol. The SMILES string of the molecule is CC1=CC2=C(C=Cc3ccccc3C2=CCCN(C)C)C(=S(=O)=O)C1.Cl. The van der Waals surface area contributed by atoms with E-state index in [0.29, 0.717) is 11.3 Å². The maximum Gasteiger partial charge on any atom is 0.218 e. The van der Waals surface area contributed by atoms with Gasteiger partial charge in [-0.3, -0.25) is 0 Å². The van der Waals surface area contributed by atoms with E-state index in [1.807, 2.05) is 31.2 Å². The van der Waals surface area contributed by atoms with Crippen molar-refractivity contribution in [3.63, 3.8) is 0 Å². The molecule has 5 heteroatoms. The molecule has 1 aromatic carbocycles. The quantitative estimate of drug-likeness (QED) is 0.728. The van der Waals surface area contributed by atoms with Crippen LogP contribution in [-0.2, 0) is 10.3 Å². The standard InChI is InChI=1S/C21H23NO2S.ClH/c1-15-13-20-18(9-6-12-22(2)3)17-8-5-4-7-16(17)10-11-19(20)21(14-15)25(23)24;/h4-5,7-11,13H,6,12,14H2,1-3H3;1H. The number of hydrogen-bond acceptors (Lipinski definition) is 3. The Balaban J connectivity index is 0.00000243. The summed E-state index contributed by atoms with van der Waals surface area (Å²) in [6.07, 6.45) is 9.76. The Morgan fingerprint density at radius 3 is 2.54 bits per heavy atom. The number of hydrogen-bond donors (Lipinski definition) is 0. The molecule has 26 heavy (non-hydrogen) atoms. The molecule has 2 aliphatic rings. The van der Waals surface area contributed by atoms with Gasteiger partial charge in [0.05, 0.1) is 4.86 Å². The van der Waals surface area contributed by atoms with Gasteiger partial charge in [-0.2, -0.15) is 8.42 Å². The Kier molecular flexibility index (Phi) is 6.81. The first kappa shape index (κ1) is 20.4. The first-order valence-corrected chi connectivity index (χ1v) is 9.54. The van der Waals surface area contributed by atoms with Crippen LogP contribution in [0.2, 0.25) is 0 Å². The summed E-state index contributed by atoms with van der Waals surface area (Å²) in [4.78, 5) is 2.64. The van der Waals surface area contributed by atoms with Crippen molar-refractivity contribution in [2.75, 3.05) is 20.6 Å². The molecule has 0 bridgehead atoms. The summed E-state index contributed by atoms with van der Waals surface area (Å²) in [5, 5.41) is 0. The molecule has 0 atom stereocenters. The van der Waals surface area contributed by atoms with Crippen LogP contribution in [0.4, 0.5) is 0 Å². The fraction of sp³-hybridized carbons (Fsp3) is 0.286. The maximum absolute atomic E-state index is 11.8. The maximum atomic E-state index is 11.8. The van der Waals surface area contributed by atoms with Crippen LogP contribution in [0.25, 0.3) is 11.6 Å². The van der Waals surface area contributed by atoms with E-state index < -0.39 is 10.3 Å². The molecule has 0 saturated carbocycles. The molecule has 0 aliphatic heterocycles. The Hall–Kier alpha value is -1.88. The Bertz CT molecular complexity index is 955. The molecule has 2 aliphatic carbocycles. The van der Waals surface area contributed by atoms with E-state index in [-0.39, 0.29) is 12.4 Å². The highest BCUT2D eigenvalue weighted by atomic mass is 35.5. The van der Waals surface area contributed by atoms with Crippen molar-refractivity contribution in [2.24, 2.45) is 0 Å². The van der Waals surface area contributed by atoms with Crippen molar-refractivity contribution in [1.29, 1.82) is 0 Å². The minimum atomic E-state index is -2.21. The normalized spacial score (nSPS) is 17.5. The fourth-order valence-corrected chi connectivity index (χ4v) is 4.02.